The van der Waals surface area contributed by atoms with Gasteiger partial charge in [-0.1, -0.05) is 45.1 Å². The summed E-state index contributed by atoms with van der Waals surface area (Å²) in [5.41, 5.74) is -0.240. The fourth-order valence-corrected chi connectivity index (χ4v) is 8.56. The smallest absolute Gasteiger partial charge is 0.202 e. The maximum absolute atomic E-state index is 14.5. The zero-order valence-electron chi connectivity index (χ0n) is 27.2. The van der Waals surface area contributed by atoms with E-state index in [9.17, 15) is 34.5 Å². The molecule has 3 aliphatic carbocycles. The summed E-state index contributed by atoms with van der Waals surface area (Å²) >= 11 is 0. The van der Waals surface area contributed by atoms with Crippen LogP contribution in [0.3, 0.4) is 0 Å². The Kier molecular flexibility index (Phi) is 7.44. The van der Waals surface area contributed by atoms with Crippen LogP contribution in [0.4, 0.5) is 0 Å². The molecule has 6 rings (SSSR count). The van der Waals surface area contributed by atoms with E-state index >= 15 is 0 Å². The Morgan fingerprint density at radius 3 is 2.38 bits per heavy atom. The van der Waals surface area contributed by atoms with Gasteiger partial charge in [0.25, 0.3) is 0 Å². The number of hydrogen-bond acceptors (Lipinski definition) is 8. The molecule has 3 aliphatic rings. The second-order valence-corrected chi connectivity index (χ2v) is 13.9. The Hall–Kier alpha value is -4.82. The zero-order chi connectivity index (χ0) is 34.2. The van der Waals surface area contributed by atoms with Crippen molar-refractivity contribution in [1.82, 2.24) is 0 Å². The second kappa shape index (κ2) is 10.9. The van der Waals surface area contributed by atoms with Crippen molar-refractivity contribution in [2.45, 2.75) is 72.3 Å². The van der Waals surface area contributed by atoms with Gasteiger partial charge in [-0.25, -0.2) is 0 Å². The van der Waals surface area contributed by atoms with E-state index in [0.717, 1.165) is 5.57 Å². The number of carbonyl (C=O) groups is 4. The van der Waals surface area contributed by atoms with Gasteiger partial charge in [0.2, 0.25) is 5.78 Å². The van der Waals surface area contributed by atoms with Gasteiger partial charge in [-0.3, -0.25) is 19.2 Å². The molecule has 0 aliphatic heterocycles. The molecule has 1 fully saturated rings. The van der Waals surface area contributed by atoms with Gasteiger partial charge >= 0.3 is 0 Å². The molecule has 3 atom stereocenters. The highest BCUT2D eigenvalue weighted by Crippen LogP contribution is 2.64. The van der Waals surface area contributed by atoms with Crippen molar-refractivity contribution in [2.24, 2.45) is 10.8 Å². The van der Waals surface area contributed by atoms with Crippen molar-refractivity contribution in [3.05, 3.63) is 106 Å². The summed E-state index contributed by atoms with van der Waals surface area (Å²) in [7, 11) is 0. The maximum atomic E-state index is 14.5. The SMILES string of the molecule is C=C1C(C(C)=O)=C(C)C[C@@]2(C)C[C@@]3(C)Cc4c(-c5cc(CC(=O)c6ccco6)cc(C(=O)CC)c5)ccc(O)c4C(O)=C3C(=O)[C@]12O. The number of furan rings is 1. The number of rotatable bonds is 7. The molecule has 1 heterocycles. The molecule has 2 aromatic carbocycles. The molecule has 3 N–H and O–H groups in total. The van der Waals surface area contributed by atoms with Gasteiger partial charge < -0.3 is 19.7 Å². The summed E-state index contributed by atoms with van der Waals surface area (Å²) in [6.45, 7) is 12.7. The van der Waals surface area contributed by atoms with E-state index < -0.39 is 28.0 Å². The molecule has 0 unspecified atom stereocenters. The van der Waals surface area contributed by atoms with E-state index in [2.05, 4.69) is 6.58 Å². The molecule has 1 saturated carbocycles. The number of phenolic OH excluding ortho intramolecular Hbond substituents is 1. The topological polar surface area (TPSA) is 142 Å². The van der Waals surface area contributed by atoms with Crippen molar-refractivity contribution in [2.75, 3.05) is 0 Å². The monoisotopic (exact) mass is 634 g/mol. The largest absolute Gasteiger partial charge is 0.507 e. The third-order valence-corrected chi connectivity index (χ3v) is 10.4. The Balaban J connectivity index is 1.53. The van der Waals surface area contributed by atoms with Gasteiger partial charge in [0, 0.05) is 40.4 Å². The molecule has 0 amide bonds. The number of ketones is 4. The van der Waals surface area contributed by atoms with Crippen LogP contribution in [0.5, 0.6) is 5.75 Å². The van der Waals surface area contributed by atoms with Gasteiger partial charge in [0.1, 0.15) is 11.5 Å². The third kappa shape index (κ3) is 4.68. The van der Waals surface area contributed by atoms with Crippen LogP contribution in [0.25, 0.3) is 16.9 Å². The minimum atomic E-state index is -2.13. The minimum absolute atomic E-state index is 0.0108. The Bertz CT molecular complexity index is 1990. The first-order valence-electron chi connectivity index (χ1n) is 15.8. The normalized spacial score (nSPS) is 25.3. The van der Waals surface area contributed by atoms with Gasteiger partial charge in [-0.05, 0) is 91.3 Å². The van der Waals surface area contributed by atoms with Crippen LogP contribution in [-0.4, -0.2) is 44.1 Å². The number of phenols is 1. The number of aromatic hydroxyl groups is 1. The standard InChI is InChI=1S/C39H38O8/c1-7-28(41)25-14-23(15-30(43)31-9-8-12-47-31)13-24(16-25)26-10-11-29(42)33-27(26)18-37(5)19-38(6)17-20(2)32(22(4)40)21(3)39(38,46)36(45)34(37)35(33)44/h8-14,16,42,44,46H,3,7,15,17-19H2,1-2,4-6H3/t37-,38+,39-/m1/s1. The number of Topliss-reactive ketones (excluding diaryl/α,β-unsaturated/α-hetero) is 4. The molecule has 8 heteroatoms. The summed E-state index contributed by atoms with van der Waals surface area (Å²) < 4.78 is 5.29. The van der Waals surface area contributed by atoms with E-state index in [1.165, 1.54) is 19.3 Å². The summed E-state index contributed by atoms with van der Waals surface area (Å²) in [5.74, 6) is -1.87. The number of carbonyl (C=O) groups excluding carboxylic acids is 4. The third-order valence-electron chi connectivity index (χ3n) is 10.4. The molecule has 0 spiro atoms. The summed E-state index contributed by atoms with van der Waals surface area (Å²) in [5, 5.41) is 35.2. The van der Waals surface area contributed by atoms with Crippen LogP contribution < -0.4 is 0 Å². The second-order valence-electron chi connectivity index (χ2n) is 13.9. The van der Waals surface area contributed by atoms with Crippen LogP contribution in [0, 0.1) is 10.8 Å². The molecular formula is C39H38O8. The summed E-state index contributed by atoms with van der Waals surface area (Å²) in [6.07, 6.45) is 2.44. The van der Waals surface area contributed by atoms with Crippen LogP contribution in [0.15, 0.2) is 82.0 Å². The highest BCUT2D eigenvalue weighted by molar-refractivity contribution is 6.15. The number of benzene rings is 2. The van der Waals surface area contributed by atoms with E-state index in [0.29, 0.717) is 27.8 Å². The average Bonchev–Trinajstić information content (AvgIpc) is 3.53. The molecule has 47 heavy (non-hydrogen) atoms. The molecule has 0 bridgehead atoms. The first-order chi connectivity index (χ1) is 22.1. The first kappa shape index (κ1) is 32.1. The number of aliphatic hydroxyl groups excluding tert-OH is 1. The molecule has 1 aromatic heterocycles. The molecule has 242 valence electrons. The van der Waals surface area contributed by atoms with Gasteiger partial charge in [-0.2, -0.15) is 0 Å². The van der Waals surface area contributed by atoms with Gasteiger partial charge in [0.05, 0.1) is 11.8 Å². The molecule has 0 saturated heterocycles. The highest BCUT2D eigenvalue weighted by atomic mass is 16.3. The van der Waals surface area contributed by atoms with E-state index in [1.54, 1.807) is 37.3 Å². The number of hydrogen-bond donors (Lipinski definition) is 3. The quantitative estimate of drug-likeness (QED) is 0.234. The molecule has 8 nitrogen and oxygen atoms in total. The Morgan fingerprint density at radius 2 is 1.74 bits per heavy atom. The fourth-order valence-electron chi connectivity index (χ4n) is 8.56. The predicted molar refractivity (Wildman–Crippen MR) is 176 cm³/mol. The van der Waals surface area contributed by atoms with Crippen LogP contribution in [0.1, 0.15) is 91.5 Å². The summed E-state index contributed by atoms with van der Waals surface area (Å²) in [4.78, 5) is 53.0. The maximum Gasteiger partial charge on any atom is 0.202 e. The van der Waals surface area contributed by atoms with E-state index in [1.807, 2.05) is 26.8 Å². The molecule has 0 radical (unpaired) electrons. The number of allylic oxidation sites excluding steroid dienone is 1. The van der Waals surface area contributed by atoms with Crippen LogP contribution in [0.2, 0.25) is 0 Å². The van der Waals surface area contributed by atoms with Crippen molar-refractivity contribution in [3.8, 4) is 16.9 Å². The lowest BCUT2D eigenvalue weighted by Gasteiger charge is -2.58. The van der Waals surface area contributed by atoms with E-state index in [4.69, 9.17) is 4.42 Å². The van der Waals surface area contributed by atoms with Gasteiger partial charge in [-0.15, -0.1) is 0 Å². The van der Waals surface area contributed by atoms with Crippen molar-refractivity contribution >= 4 is 28.9 Å². The average molecular weight is 635 g/mol. The lowest BCUT2D eigenvalue weighted by molar-refractivity contribution is -0.153. The van der Waals surface area contributed by atoms with Gasteiger partial charge in [0.15, 0.2) is 28.7 Å². The van der Waals surface area contributed by atoms with Crippen LogP contribution in [-0.2, 0) is 22.4 Å². The first-order valence-corrected chi connectivity index (χ1v) is 15.8. The number of aliphatic hydroxyl groups is 2. The minimum Gasteiger partial charge on any atom is -0.507 e. The lowest BCUT2D eigenvalue weighted by atomic mass is 9.46. The summed E-state index contributed by atoms with van der Waals surface area (Å²) in [6, 6.07) is 11.6. The van der Waals surface area contributed by atoms with E-state index in [-0.39, 0.29) is 83.2 Å². The fraction of sp³-hybridized carbons (Fsp3) is 0.333. The zero-order valence-corrected chi connectivity index (χ0v) is 27.2. The molecular weight excluding hydrogens is 596 g/mol. The van der Waals surface area contributed by atoms with Crippen molar-refractivity contribution in [1.29, 1.82) is 0 Å². The highest BCUT2D eigenvalue weighted by Gasteiger charge is 2.66. The molecule has 3 aromatic rings. The van der Waals surface area contributed by atoms with Crippen LogP contribution >= 0.6 is 0 Å². The Labute approximate surface area is 273 Å². The Morgan fingerprint density at radius 1 is 1.02 bits per heavy atom. The van der Waals surface area contributed by atoms with Crippen molar-refractivity contribution < 1.29 is 38.9 Å². The van der Waals surface area contributed by atoms with Crippen molar-refractivity contribution in [3.63, 3.8) is 0 Å². The predicted octanol–water partition coefficient (Wildman–Crippen LogP) is 7.08. The lowest BCUT2D eigenvalue weighted by Crippen LogP contribution is -2.64. The number of fused-ring (bicyclic) bond motifs is 3.